The number of nitrogens with zero attached hydrogens (tertiary/aromatic N) is 3. The number of benzene rings is 1. The summed E-state index contributed by atoms with van der Waals surface area (Å²) >= 11 is 0. The summed E-state index contributed by atoms with van der Waals surface area (Å²) in [6.07, 6.45) is 0. The Kier molecular flexibility index (Phi) is 5.50. The number of methoxy groups -OCH3 is 1. The number of rotatable bonds is 6. The number of hydrogen-bond donors (Lipinski definition) is 1. The molecule has 1 N–H and O–H groups in total. The molecule has 0 aliphatic carbocycles. The first kappa shape index (κ1) is 17.1. The molecule has 2 aromatic rings. The van der Waals surface area contributed by atoms with Gasteiger partial charge in [-0.3, -0.25) is 4.79 Å². The summed E-state index contributed by atoms with van der Waals surface area (Å²) in [6, 6.07) is 7.90. The zero-order valence-corrected chi connectivity index (χ0v) is 14.3. The maximum Gasteiger partial charge on any atom is 0.274 e. The van der Waals surface area contributed by atoms with Crippen LogP contribution in [0.25, 0.3) is 5.69 Å². The summed E-state index contributed by atoms with van der Waals surface area (Å²) in [5.41, 5.74) is 3.24. The summed E-state index contributed by atoms with van der Waals surface area (Å²) in [5, 5.41) is 11.2. The number of nitrogens with one attached hydrogen (secondary N) is 1. The first-order valence-electron chi connectivity index (χ1n) is 7.76. The van der Waals surface area contributed by atoms with Crippen LogP contribution in [-0.2, 0) is 4.74 Å². The van der Waals surface area contributed by atoms with Crippen molar-refractivity contribution in [3.63, 3.8) is 0 Å². The summed E-state index contributed by atoms with van der Waals surface area (Å²) in [7, 11) is 1.61. The smallest absolute Gasteiger partial charge is 0.274 e. The van der Waals surface area contributed by atoms with E-state index in [4.69, 9.17) is 4.74 Å². The van der Waals surface area contributed by atoms with Gasteiger partial charge in [0.25, 0.3) is 5.91 Å². The van der Waals surface area contributed by atoms with E-state index in [0.717, 1.165) is 11.4 Å². The van der Waals surface area contributed by atoms with E-state index in [1.165, 1.54) is 5.56 Å². The Hall–Kier alpha value is -2.21. The molecule has 0 unspecified atom stereocenters. The van der Waals surface area contributed by atoms with Gasteiger partial charge in [0.05, 0.1) is 18.0 Å². The van der Waals surface area contributed by atoms with Gasteiger partial charge in [-0.15, -0.1) is 5.10 Å². The number of aromatic nitrogens is 3. The molecule has 6 nitrogen and oxygen atoms in total. The van der Waals surface area contributed by atoms with E-state index in [9.17, 15) is 4.79 Å². The van der Waals surface area contributed by atoms with Gasteiger partial charge < -0.3 is 10.1 Å². The van der Waals surface area contributed by atoms with Gasteiger partial charge in [-0.05, 0) is 31.9 Å². The lowest BCUT2D eigenvalue weighted by atomic mass is 10.1. The molecule has 1 aromatic heterocycles. The molecular formula is C17H24N4O2. The van der Waals surface area contributed by atoms with Gasteiger partial charge in [0.2, 0.25) is 0 Å². The highest BCUT2D eigenvalue weighted by Crippen LogP contribution is 2.21. The molecule has 0 bridgehead atoms. The van der Waals surface area contributed by atoms with Crippen molar-refractivity contribution < 1.29 is 9.53 Å². The third-order valence-electron chi connectivity index (χ3n) is 3.54. The first-order valence-corrected chi connectivity index (χ1v) is 7.76. The molecular weight excluding hydrogens is 292 g/mol. The van der Waals surface area contributed by atoms with Crippen LogP contribution in [0.3, 0.4) is 0 Å². The molecule has 0 saturated heterocycles. The minimum absolute atomic E-state index is 0.0861. The van der Waals surface area contributed by atoms with Gasteiger partial charge in [-0.1, -0.05) is 36.8 Å². The fraction of sp³-hybridized carbons (Fsp3) is 0.471. The molecule has 1 aromatic carbocycles. The third-order valence-corrected chi connectivity index (χ3v) is 3.54. The second-order valence-electron chi connectivity index (χ2n) is 6.06. The van der Waals surface area contributed by atoms with Crippen LogP contribution in [0.1, 0.15) is 48.4 Å². The largest absolute Gasteiger partial charge is 0.383 e. The molecule has 0 fully saturated rings. The second-order valence-corrected chi connectivity index (χ2v) is 6.06. The topological polar surface area (TPSA) is 69.0 Å². The zero-order valence-electron chi connectivity index (χ0n) is 14.3. The predicted molar refractivity (Wildman–Crippen MR) is 89.0 cm³/mol. The van der Waals surface area contributed by atoms with Crippen molar-refractivity contribution >= 4 is 5.91 Å². The summed E-state index contributed by atoms with van der Waals surface area (Å²) < 4.78 is 6.78. The molecule has 1 heterocycles. The lowest BCUT2D eigenvalue weighted by Gasteiger charge is -2.14. The highest BCUT2D eigenvalue weighted by Gasteiger charge is 2.23. The van der Waals surface area contributed by atoms with Crippen LogP contribution < -0.4 is 5.32 Å². The van der Waals surface area contributed by atoms with Crippen LogP contribution in [0.2, 0.25) is 0 Å². The molecule has 0 radical (unpaired) electrons. The van der Waals surface area contributed by atoms with E-state index in [1.807, 2.05) is 52.0 Å². The van der Waals surface area contributed by atoms with E-state index >= 15 is 0 Å². The molecule has 1 atom stereocenters. The van der Waals surface area contributed by atoms with E-state index in [1.54, 1.807) is 11.8 Å². The van der Waals surface area contributed by atoms with Gasteiger partial charge in [-0.2, -0.15) is 0 Å². The summed E-state index contributed by atoms with van der Waals surface area (Å²) in [4.78, 5) is 12.5. The van der Waals surface area contributed by atoms with Crippen molar-refractivity contribution in [1.29, 1.82) is 0 Å². The van der Waals surface area contributed by atoms with Crippen molar-refractivity contribution in [3.05, 3.63) is 41.2 Å². The SMILES string of the molecule is COC[C@@H](C)NC(=O)c1nnn(-c2ccc(C)cc2)c1C(C)C. The highest BCUT2D eigenvalue weighted by atomic mass is 16.5. The molecule has 6 heteroatoms. The van der Waals surface area contributed by atoms with Gasteiger partial charge >= 0.3 is 0 Å². The minimum atomic E-state index is -0.225. The van der Waals surface area contributed by atoms with E-state index in [2.05, 4.69) is 15.6 Å². The lowest BCUT2D eigenvalue weighted by molar-refractivity contribution is 0.0899. The number of amides is 1. The van der Waals surface area contributed by atoms with Crippen molar-refractivity contribution in [3.8, 4) is 5.69 Å². The number of hydrogen-bond acceptors (Lipinski definition) is 4. The van der Waals surface area contributed by atoms with Crippen LogP contribution in [0, 0.1) is 6.92 Å². The number of aryl methyl sites for hydroxylation is 1. The van der Waals surface area contributed by atoms with E-state index in [0.29, 0.717) is 12.3 Å². The monoisotopic (exact) mass is 316 g/mol. The number of carbonyl (C=O) groups excluding carboxylic acids is 1. The van der Waals surface area contributed by atoms with Gasteiger partial charge in [-0.25, -0.2) is 4.68 Å². The molecule has 23 heavy (non-hydrogen) atoms. The Morgan fingerprint density at radius 3 is 2.48 bits per heavy atom. The third kappa shape index (κ3) is 3.96. The van der Waals surface area contributed by atoms with Crippen LogP contribution in [0.4, 0.5) is 0 Å². The Labute approximate surface area is 136 Å². The van der Waals surface area contributed by atoms with Crippen molar-refractivity contribution in [2.45, 2.75) is 39.7 Å². The van der Waals surface area contributed by atoms with Gasteiger partial charge in [0.15, 0.2) is 5.69 Å². The minimum Gasteiger partial charge on any atom is -0.383 e. The second kappa shape index (κ2) is 7.37. The first-order chi connectivity index (χ1) is 10.9. The molecule has 0 aliphatic rings. The fourth-order valence-corrected chi connectivity index (χ4v) is 2.43. The maximum atomic E-state index is 12.5. The maximum absolute atomic E-state index is 12.5. The average molecular weight is 316 g/mol. The molecule has 2 rings (SSSR count). The van der Waals surface area contributed by atoms with Crippen molar-refractivity contribution in [2.75, 3.05) is 13.7 Å². The van der Waals surface area contributed by atoms with Crippen LogP contribution in [0.5, 0.6) is 0 Å². The summed E-state index contributed by atoms with van der Waals surface area (Å²) in [6.45, 7) is 8.43. The normalized spacial score (nSPS) is 12.4. The highest BCUT2D eigenvalue weighted by molar-refractivity contribution is 5.93. The number of carbonyl (C=O) groups is 1. The Balaban J connectivity index is 2.35. The van der Waals surface area contributed by atoms with Gasteiger partial charge in [0, 0.05) is 13.2 Å². The van der Waals surface area contributed by atoms with E-state index < -0.39 is 0 Å². The molecule has 0 saturated carbocycles. The molecule has 124 valence electrons. The van der Waals surface area contributed by atoms with E-state index in [-0.39, 0.29) is 17.9 Å². The zero-order chi connectivity index (χ0) is 17.0. The Bertz CT molecular complexity index is 662. The van der Waals surface area contributed by atoms with Gasteiger partial charge in [0.1, 0.15) is 0 Å². The Morgan fingerprint density at radius 1 is 1.26 bits per heavy atom. The summed E-state index contributed by atoms with van der Waals surface area (Å²) in [5.74, 6) is -0.110. The quantitative estimate of drug-likeness (QED) is 0.889. The molecule has 0 spiro atoms. The molecule has 0 aliphatic heterocycles. The molecule has 1 amide bonds. The fourth-order valence-electron chi connectivity index (χ4n) is 2.43. The number of ether oxygens (including phenoxy) is 1. The Morgan fingerprint density at radius 2 is 1.91 bits per heavy atom. The van der Waals surface area contributed by atoms with Crippen molar-refractivity contribution in [2.24, 2.45) is 0 Å². The lowest BCUT2D eigenvalue weighted by Crippen LogP contribution is -2.36. The standard InChI is InChI=1S/C17H24N4O2/c1-11(2)16-15(17(22)18-13(4)10-23-5)19-20-21(16)14-8-6-12(3)7-9-14/h6-9,11,13H,10H2,1-5H3,(H,18,22)/t13-/m1/s1. The van der Waals surface area contributed by atoms with Crippen LogP contribution in [0.15, 0.2) is 24.3 Å². The van der Waals surface area contributed by atoms with Crippen LogP contribution >= 0.6 is 0 Å². The van der Waals surface area contributed by atoms with Crippen molar-refractivity contribution in [1.82, 2.24) is 20.3 Å². The average Bonchev–Trinajstić information content (AvgIpc) is 2.93. The van der Waals surface area contributed by atoms with Crippen LogP contribution in [-0.4, -0.2) is 40.7 Å². The predicted octanol–water partition coefficient (Wildman–Crippen LogP) is 2.46.